The normalized spacial score (nSPS) is 20.1. The summed E-state index contributed by atoms with van der Waals surface area (Å²) in [5.74, 6) is 0.947. The Morgan fingerprint density at radius 3 is 2.32 bits per heavy atom. The monoisotopic (exact) mass is 463 g/mol. The van der Waals surface area contributed by atoms with Gasteiger partial charge in [0.1, 0.15) is 5.75 Å². The van der Waals surface area contributed by atoms with Crippen LogP contribution in [-0.4, -0.2) is 72.5 Å². The van der Waals surface area contributed by atoms with E-state index in [1.165, 1.54) is 16.7 Å². The molecule has 0 saturated carbocycles. The van der Waals surface area contributed by atoms with Gasteiger partial charge in [-0.25, -0.2) is 0 Å². The van der Waals surface area contributed by atoms with Gasteiger partial charge in [-0.15, -0.1) is 0 Å². The highest BCUT2D eigenvalue weighted by atomic mass is 16.5. The number of nitrogens with zero attached hydrogens (tertiary/aromatic N) is 3. The zero-order valence-electron chi connectivity index (χ0n) is 21.8. The smallest absolute Gasteiger partial charge is 0.253 e. The molecule has 2 aromatic carbocycles. The van der Waals surface area contributed by atoms with E-state index in [4.69, 9.17) is 4.74 Å². The molecule has 0 aliphatic carbocycles. The second-order valence-electron chi connectivity index (χ2n) is 9.56. The largest absolute Gasteiger partial charge is 0.497 e. The van der Waals surface area contributed by atoms with E-state index in [1.807, 2.05) is 36.9 Å². The Kier molecular flexibility index (Phi) is 8.92. The van der Waals surface area contributed by atoms with Gasteiger partial charge in [0.05, 0.1) is 13.2 Å². The predicted molar refractivity (Wildman–Crippen MR) is 141 cm³/mol. The molecule has 0 spiro atoms. The molecule has 2 aromatic rings. The van der Waals surface area contributed by atoms with Crippen LogP contribution in [0.15, 0.2) is 60.7 Å². The summed E-state index contributed by atoms with van der Waals surface area (Å²) in [7, 11) is 1.71. The second-order valence-corrected chi connectivity index (χ2v) is 9.56. The van der Waals surface area contributed by atoms with Crippen LogP contribution in [0.1, 0.15) is 62.1 Å². The molecule has 0 aromatic heterocycles. The first-order valence-electron chi connectivity index (χ1n) is 12.5. The van der Waals surface area contributed by atoms with Gasteiger partial charge >= 0.3 is 0 Å². The number of amides is 1. The van der Waals surface area contributed by atoms with Crippen molar-refractivity contribution in [2.45, 2.75) is 52.7 Å². The Morgan fingerprint density at radius 2 is 1.74 bits per heavy atom. The molecule has 0 radical (unpaired) electrons. The Labute approximate surface area is 206 Å². The van der Waals surface area contributed by atoms with Gasteiger partial charge in [-0.05, 0) is 70.0 Å². The Balaban J connectivity index is 1.97. The van der Waals surface area contributed by atoms with Crippen molar-refractivity contribution in [1.29, 1.82) is 0 Å². The van der Waals surface area contributed by atoms with Crippen molar-refractivity contribution in [1.82, 2.24) is 14.7 Å². The SMILES string of the molecule is C=C(C)CN1C[C@@H](C)N([C@@H](c2ccc(C(=O)N(CC)CC)cc2)c2cccc(OC)c2)C[C@@H]1C. The first-order chi connectivity index (χ1) is 16.3. The van der Waals surface area contributed by atoms with Gasteiger partial charge in [-0.1, -0.05) is 36.4 Å². The number of hydrogen-bond acceptors (Lipinski definition) is 4. The van der Waals surface area contributed by atoms with Gasteiger partial charge in [0.2, 0.25) is 0 Å². The third kappa shape index (κ3) is 5.89. The van der Waals surface area contributed by atoms with Crippen LogP contribution < -0.4 is 4.74 Å². The van der Waals surface area contributed by atoms with Crippen molar-refractivity contribution < 1.29 is 9.53 Å². The summed E-state index contributed by atoms with van der Waals surface area (Å²) >= 11 is 0. The molecule has 0 bridgehead atoms. The van der Waals surface area contributed by atoms with Crippen LogP contribution in [0, 0.1) is 0 Å². The fourth-order valence-corrected chi connectivity index (χ4v) is 5.04. The molecule has 34 heavy (non-hydrogen) atoms. The summed E-state index contributed by atoms with van der Waals surface area (Å²) in [6, 6.07) is 17.4. The average molecular weight is 464 g/mol. The van der Waals surface area contributed by atoms with E-state index in [9.17, 15) is 4.79 Å². The minimum absolute atomic E-state index is 0.0807. The lowest BCUT2D eigenvalue weighted by Gasteiger charge is -2.47. The highest BCUT2D eigenvalue weighted by Crippen LogP contribution is 2.35. The maximum Gasteiger partial charge on any atom is 0.253 e. The molecule has 3 rings (SSSR count). The Morgan fingerprint density at radius 1 is 1.06 bits per heavy atom. The van der Waals surface area contributed by atoms with Gasteiger partial charge in [0.25, 0.3) is 5.91 Å². The van der Waals surface area contributed by atoms with Gasteiger partial charge in [-0.2, -0.15) is 0 Å². The minimum Gasteiger partial charge on any atom is -0.497 e. The van der Waals surface area contributed by atoms with Crippen LogP contribution in [0.25, 0.3) is 0 Å². The number of hydrogen-bond donors (Lipinski definition) is 0. The molecule has 1 aliphatic rings. The van der Waals surface area contributed by atoms with Gasteiger partial charge < -0.3 is 9.64 Å². The van der Waals surface area contributed by atoms with E-state index in [0.717, 1.165) is 30.9 Å². The predicted octanol–water partition coefficient (Wildman–Crippen LogP) is 5.24. The zero-order chi connectivity index (χ0) is 24.8. The zero-order valence-corrected chi connectivity index (χ0v) is 21.8. The van der Waals surface area contributed by atoms with E-state index in [2.05, 4.69) is 67.5 Å². The highest BCUT2D eigenvalue weighted by molar-refractivity contribution is 5.94. The van der Waals surface area contributed by atoms with Crippen molar-refractivity contribution in [3.05, 3.63) is 77.4 Å². The van der Waals surface area contributed by atoms with Crippen molar-refractivity contribution in [2.75, 3.05) is 39.8 Å². The van der Waals surface area contributed by atoms with E-state index < -0.39 is 0 Å². The molecule has 1 heterocycles. The van der Waals surface area contributed by atoms with Crippen LogP contribution >= 0.6 is 0 Å². The molecule has 1 saturated heterocycles. The molecule has 0 unspecified atom stereocenters. The average Bonchev–Trinajstić information content (AvgIpc) is 2.83. The van der Waals surface area contributed by atoms with E-state index >= 15 is 0 Å². The lowest BCUT2D eigenvalue weighted by molar-refractivity contribution is 0.0293. The highest BCUT2D eigenvalue weighted by Gasteiger charge is 2.35. The number of ether oxygens (including phenoxy) is 1. The lowest BCUT2D eigenvalue weighted by Crippen LogP contribution is -2.57. The maximum absolute atomic E-state index is 12.8. The summed E-state index contributed by atoms with van der Waals surface area (Å²) in [6.07, 6.45) is 0. The van der Waals surface area contributed by atoms with Crippen LogP contribution in [0.2, 0.25) is 0 Å². The minimum atomic E-state index is 0.0807. The molecule has 3 atom stereocenters. The lowest BCUT2D eigenvalue weighted by atomic mass is 9.92. The fourth-order valence-electron chi connectivity index (χ4n) is 5.04. The molecular weight excluding hydrogens is 422 g/mol. The molecule has 5 heteroatoms. The van der Waals surface area contributed by atoms with Gasteiger partial charge in [0.15, 0.2) is 0 Å². The number of methoxy groups -OCH3 is 1. The fraction of sp³-hybridized carbons (Fsp3) is 0.483. The number of carbonyl (C=O) groups excluding carboxylic acids is 1. The van der Waals surface area contributed by atoms with Gasteiger partial charge in [0, 0.05) is 50.4 Å². The molecule has 1 fully saturated rings. The first kappa shape index (κ1) is 26.0. The van der Waals surface area contributed by atoms with Crippen molar-refractivity contribution in [2.24, 2.45) is 0 Å². The summed E-state index contributed by atoms with van der Waals surface area (Å²) in [6.45, 7) is 19.2. The van der Waals surface area contributed by atoms with Crippen LogP contribution in [0.3, 0.4) is 0 Å². The van der Waals surface area contributed by atoms with Crippen molar-refractivity contribution >= 4 is 5.91 Å². The summed E-state index contributed by atoms with van der Waals surface area (Å²) in [4.78, 5) is 19.8. The van der Waals surface area contributed by atoms with Crippen molar-refractivity contribution in [3.8, 4) is 5.75 Å². The topological polar surface area (TPSA) is 36.0 Å². The summed E-state index contributed by atoms with van der Waals surface area (Å²) < 4.78 is 5.55. The number of carbonyl (C=O) groups is 1. The van der Waals surface area contributed by atoms with Crippen LogP contribution in [0.5, 0.6) is 5.75 Å². The molecule has 184 valence electrons. The van der Waals surface area contributed by atoms with Crippen molar-refractivity contribution in [3.63, 3.8) is 0 Å². The van der Waals surface area contributed by atoms with Crippen LogP contribution in [-0.2, 0) is 0 Å². The number of piperazine rings is 1. The van der Waals surface area contributed by atoms with E-state index in [1.54, 1.807) is 7.11 Å². The molecule has 5 nitrogen and oxygen atoms in total. The Bertz CT molecular complexity index is 968. The molecule has 0 N–H and O–H groups in total. The third-order valence-corrected chi connectivity index (χ3v) is 6.90. The second kappa shape index (κ2) is 11.7. The van der Waals surface area contributed by atoms with E-state index in [-0.39, 0.29) is 11.9 Å². The quantitative estimate of drug-likeness (QED) is 0.477. The standard InChI is InChI=1S/C29H41N3O2/c1-8-30(9-2)29(33)25-15-13-24(14-16-25)28(26-11-10-12-27(17-26)34-7)32-20-22(5)31(18-21(3)4)19-23(32)6/h10-17,22-23,28H,3,8-9,18-20H2,1-2,4-7H3/t22-,23+,28-/m0/s1. The van der Waals surface area contributed by atoms with Crippen LogP contribution in [0.4, 0.5) is 0 Å². The number of benzene rings is 2. The summed E-state index contributed by atoms with van der Waals surface area (Å²) in [5.41, 5.74) is 4.33. The third-order valence-electron chi connectivity index (χ3n) is 6.90. The first-order valence-corrected chi connectivity index (χ1v) is 12.5. The molecule has 1 aliphatic heterocycles. The number of rotatable bonds is 9. The molecular formula is C29H41N3O2. The Hall–Kier alpha value is -2.63. The maximum atomic E-state index is 12.8. The summed E-state index contributed by atoms with van der Waals surface area (Å²) in [5, 5.41) is 0. The van der Waals surface area contributed by atoms with Gasteiger partial charge in [-0.3, -0.25) is 14.6 Å². The van der Waals surface area contributed by atoms with E-state index in [0.29, 0.717) is 25.2 Å². The molecule has 1 amide bonds.